The minimum atomic E-state index is -2.55. The van der Waals surface area contributed by atoms with Crippen LogP contribution in [0, 0.1) is 13.7 Å². The number of aromatic nitrogens is 3. The lowest BCUT2D eigenvalue weighted by Gasteiger charge is -2.15. The molecule has 0 radical (unpaired) electrons. The van der Waals surface area contributed by atoms with Gasteiger partial charge in [0.05, 0.1) is 6.04 Å². The number of hydrogen-bond donors (Lipinski definition) is 0. The smallest absolute Gasteiger partial charge is 0.225 e. The third kappa shape index (κ3) is 3.15. The molecule has 36 heavy (non-hydrogen) atoms. The highest BCUT2D eigenvalue weighted by Gasteiger charge is 2.33. The third-order valence-corrected chi connectivity index (χ3v) is 7.12. The normalized spacial score (nSPS) is 15.3. The molecule has 0 fully saturated rings. The second kappa shape index (κ2) is 8.37. The average Bonchev–Trinajstić information content (AvgIpc) is 3.44. The van der Waals surface area contributed by atoms with Crippen LogP contribution in [0.5, 0.6) is 0 Å². The molecule has 180 valence electrons. The van der Waals surface area contributed by atoms with Crippen molar-refractivity contribution >= 4 is 32.8 Å². The summed E-state index contributed by atoms with van der Waals surface area (Å²) in [6, 6.07) is 26.9. The van der Waals surface area contributed by atoms with E-state index in [1.165, 1.54) is 18.2 Å². The fourth-order valence-corrected chi connectivity index (χ4v) is 5.62. The first-order chi connectivity index (χ1) is 19.8. The zero-order valence-electron chi connectivity index (χ0n) is 27.1. The summed E-state index contributed by atoms with van der Waals surface area (Å²) in [4.78, 5) is 0. The Bertz CT molecular complexity index is 1940. The quantitative estimate of drug-likeness (QED) is 0.226. The lowest BCUT2D eigenvalue weighted by molar-refractivity contribution is -0.685. The number of nitrogens with zero attached hydrogens (tertiary/aromatic N) is 3. The van der Waals surface area contributed by atoms with E-state index in [1.54, 1.807) is 0 Å². The predicted octanol–water partition coefficient (Wildman–Crippen LogP) is 8.34. The highest BCUT2D eigenvalue weighted by molar-refractivity contribution is 6.10. The molecule has 0 aliphatic rings. The lowest BCUT2D eigenvalue weighted by atomic mass is 10.00. The number of aryl methyl sites for hydroxylation is 2. The maximum Gasteiger partial charge on any atom is 0.376 e. The third-order valence-electron chi connectivity index (χ3n) is 7.12. The minimum absolute atomic E-state index is 0.00103. The fraction of sp³-hybridized carbons (Fsp3) is 0.242. The van der Waals surface area contributed by atoms with Gasteiger partial charge in [0, 0.05) is 19.0 Å². The van der Waals surface area contributed by atoms with Gasteiger partial charge >= 0.3 is 5.95 Å². The van der Waals surface area contributed by atoms with Crippen molar-refractivity contribution in [2.75, 3.05) is 0 Å². The molecule has 0 saturated heterocycles. The van der Waals surface area contributed by atoms with E-state index in [-0.39, 0.29) is 28.8 Å². The van der Waals surface area contributed by atoms with Crippen molar-refractivity contribution in [2.24, 2.45) is 0 Å². The molecule has 0 unspecified atom stereocenters. The van der Waals surface area contributed by atoms with Gasteiger partial charge in [0.15, 0.2) is 0 Å². The predicted molar refractivity (Wildman–Crippen MR) is 152 cm³/mol. The highest BCUT2D eigenvalue weighted by Crippen LogP contribution is 2.38. The maximum absolute atomic E-state index is 8.48. The molecule has 3 nitrogen and oxygen atoms in total. The molecule has 0 amide bonds. The molecule has 0 aliphatic carbocycles. The van der Waals surface area contributed by atoms with E-state index in [1.807, 2.05) is 41.0 Å². The minimum Gasteiger partial charge on any atom is -0.225 e. The van der Waals surface area contributed by atoms with Crippen molar-refractivity contribution in [3.63, 3.8) is 0 Å². The Balaban J connectivity index is 1.96. The summed E-state index contributed by atoms with van der Waals surface area (Å²) in [5, 5.41) is 2.16. The molecule has 0 spiro atoms. The summed E-state index contributed by atoms with van der Waals surface area (Å²) in [6.45, 7) is 3.42. The molecule has 4 aromatic carbocycles. The number of benzene rings is 4. The lowest BCUT2D eigenvalue weighted by Crippen LogP contribution is -2.40. The van der Waals surface area contributed by atoms with Gasteiger partial charge in [-0.15, -0.1) is 0 Å². The molecule has 0 aliphatic heterocycles. The summed E-state index contributed by atoms with van der Waals surface area (Å²) in [5.41, 5.74) is 4.92. The van der Waals surface area contributed by atoms with Crippen molar-refractivity contribution in [2.45, 2.75) is 53.4 Å². The van der Waals surface area contributed by atoms with Gasteiger partial charge < -0.3 is 0 Å². The first kappa shape index (κ1) is 16.8. The largest absolute Gasteiger partial charge is 0.376 e. The van der Waals surface area contributed by atoms with Crippen molar-refractivity contribution in [3.8, 4) is 11.6 Å². The van der Waals surface area contributed by atoms with Gasteiger partial charge in [-0.2, -0.15) is 9.13 Å². The molecule has 0 N–H and O–H groups in total. The molecule has 0 atom stereocenters. The maximum atomic E-state index is 8.48. The van der Waals surface area contributed by atoms with Gasteiger partial charge in [-0.1, -0.05) is 80.6 Å². The van der Waals surface area contributed by atoms with Gasteiger partial charge in [0.1, 0.15) is 27.8 Å². The van der Waals surface area contributed by atoms with E-state index in [0.717, 1.165) is 38.4 Å². The van der Waals surface area contributed by atoms with Crippen LogP contribution < -0.4 is 4.57 Å². The van der Waals surface area contributed by atoms with Gasteiger partial charge in [0.2, 0.25) is 0 Å². The van der Waals surface area contributed by atoms with E-state index in [0.29, 0.717) is 5.95 Å². The Kier molecular flexibility index (Phi) is 3.90. The van der Waals surface area contributed by atoms with Crippen molar-refractivity contribution < 1.29 is 12.8 Å². The molecule has 2 aromatic heterocycles. The molecular weight excluding hydrogens is 438 g/mol. The number of para-hydroxylation sites is 5. The van der Waals surface area contributed by atoms with Crippen LogP contribution >= 0.6 is 0 Å². The van der Waals surface area contributed by atoms with Gasteiger partial charge in [-0.3, -0.25) is 0 Å². The van der Waals surface area contributed by atoms with E-state index in [2.05, 4.69) is 67.2 Å². The van der Waals surface area contributed by atoms with Crippen LogP contribution in [0.15, 0.2) is 84.9 Å². The molecule has 6 aromatic rings. The zero-order chi connectivity index (χ0) is 30.1. The fourth-order valence-electron chi connectivity index (χ4n) is 5.62. The second-order valence-corrected chi connectivity index (χ2v) is 10.0. The summed E-state index contributed by atoms with van der Waals surface area (Å²) >= 11 is 0. The Morgan fingerprint density at radius 2 is 1.31 bits per heavy atom. The van der Waals surface area contributed by atoms with Crippen LogP contribution in [0.3, 0.4) is 0 Å². The van der Waals surface area contributed by atoms with E-state index in [9.17, 15) is 0 Å². The van der Waals surface area contributed by atoms with Gasteiger partial charge in [-0.25, -0.2) is 4.57 Å². The van der Waals surface area contributed by atoms with Crippen molar-refractivity contribution in [3.05, 3.63) is 102 Å². The topological polar surface area (TPSA) is 13.7 Å². The van der Waals surface area contributed by atoms with Gasteiger partial charge in [-0.05, 0) is 68.4 Å². The Morgan fingerprint density at radius 1 is 0.667 bits per heavy atom. The number of hydrogen-bond acceptors (Lipinski definition) is 0. The van der Waals surface area contributed by atoms with E-state index >= 15 is 0 Å². The van der Waals surface area contributed by atoms with E-state index < -0.39 is 13.7 Å². The van der Waals surface area contributed by atoms with Crippen molar-refractivity contribution in [1.29, 1.82) is 0 Å². The second-order valence-electron chi connectivity index (χ2n) is 10.0. The molecule has 6 rings (SSSR count). The summed E-state index contributed by atoms with van der Waals surface area (Å²) in [7, 11) is 0. The van der Waals surface area contributed by atoms with E-state index in [4.69, 9.17) is 8.22 Å². The SMILES string of the molecule is [2H]C([2H])([2H])c1cccc(C([2H])([2H])[2H])c1-n1c(-n2c3ccccc3c3cccc(C(C)C)c32)[n+](C(C)C)c2ccccc21. The highest BCUT2D eigenvalue weighted by atomic mass is 15.3. The van der Waals surface area contributed by atoms with Gasteiger partial charge in [0.25, 0.3) is 0 Å². The van der Waals surface area contributed by atoms with Crippen LogP contribution in [0.4, 0.5) is 0 Å². The van der Waals surface area contributed by atoms with Crippen LogP contribution in [-0.2, 0) is 0 Å². The summed E-state index contributed by atoms with van der Waals surface area (Å²) < 4.78 is 57.2. The summed E-state index contributed by atoms with van der Waals surface area (Å²) in [5.74, 6) is 0.891. The van der Waals surface area contributed by atoms with Crippen molar-refractivity contribution in [1.82, 2.24) is 9.13 Å². The van der Waals surface area contributed by atoms with Crippen LogP contribution in [-0.4, -0.2) is 9.13 Å². The molecule has 0 bridgehead atoms. The monoisotopic (exact) mass is 478 g/mol. The first-order valence-corrected chi connectivity index (χ1v) is 12.5. The molecule has 2 heterocycles. The zero-order valence-corrected chi connectivity index (χ0v) is 21.1. The number of imidazole rings is 1. The Morgan fingerprint density at radius 3 is 2.00 bits per heavy atom. The van der Waals surface area contributed by atoms with Crippen LogP contribution in [0.25, 0.3) is 44.5 Å². The standard InChI is InChI=1S/C33H34N3/c1-21(2)25-16-12-17-27-26-15-7-8-18-28(26)35(32(25)27)33-34(22(3)4)29-19-9-10-20-30(29)36(33)31-23(5)13-11-14-24(31)6/h7-22H,1-6H3/q+1/i5D3,6D3. The molecule has 0 saturated carbocycles. The average molecular weight is 479 g/mol. The Hall–Kier alpha value is -3.85. The number of rotatable bonds is 4. The van der Waals surface area contributed by atoms with Crippen LogP contribution in [0.1, 0.15) is 64.6 Å². The number of fused-ring (bicyclic) bond motifs is 4. The Labute approximate surface area is 221 Å². The first-order valence-electron chi connectivity index (χ1n) is 15.5. The molecular formula is C33H34N3+. The van der Waals surface area contributed by atoms with Crippen LogP contribution in [0.2, 0.25) is 0 Å². The molecule has 3 heteroatoms. The summed E-state index contributed by atoms with van der Waals surface area (Å²) in [6.07, 6.45) is 0.